The van der Waals surface area contributed by atoms with E-state index >= 15 is 0 Å². The zero-order valence-corrected chi connectivity index (χ0v) is 10.2. The molecule has 0 spiro atoms. The molecule has 2 aromatic rings. The average Bonchev–Trinajstić information content (AvgIpc) is 2.38. The third-order valence-electron chi connectivity index (χ3n) is 2.29. The Labute approximate surface area is 108 Å². The second-order valence-corrected chi connectivity index (χ2v) is 4.66. The number of halogens is 1. The number of hydrogen-bond acceptors (Lipinski definition) is 3. The van der Waals surface area contributed by atoms with Crippen LogP contribution in [0.15, 0.2) is 63.5 Å². The highest BCUT2D eigenvalue weighted by Crippen LogP contribution is 2.30. The highest BCUT2D eigenvalue weighted by Gasteiger charge is 2.08. The molecular formula is C13H11FN2OS. The molecule has 0 radical (unpaired) electrons. The SMILES string of the molecule is NC(=NO)c1ccccc1Sc1cccc(F)c1. The van der Waals surface area contributed by atoms with Crippen LogP contribution in [0.25, 0.3) is 0 Å². The van der Waals surface area contributed by atoms with E-state index in [-0.39, 0.29) is 11.7 Å². The van der Waals surface area contributed by atoms with Gasteiger partial charge in [-0.25, -0.2) is 4.39 Å². The highest BCUT2D eigenvalue weighted by molar-refractivity contribution is 7.99. The van der Waals surface area contributed by atoms with Crippen LogP contribution >= 0.6 is 11.8 Å². The van der Waals surface area contributed by atoms with Crippen molar-refractivity contribution in [2.24, 2.45) is 10.9 Å². The molecular weight excluding hydrogens is 251 g/mol. The van der Waals surface area contributed by atoms with Crippen molar-refractivity contribution in [1.82, 2.24) is 0 Å². The monoisotopic (exact) mass is 262 g/mol. The van der Waals surface area contributed by atoms with Crippen LogP contribution in [0.3, 0.4) is 0 Å². The highest BCUT2D eigenvalue weighted by atomic mass is 32.2. The molecule has 5 heteroatoms. The Morgan fingerprint density at radius 3 is 2.67 bits per heavy atom. The maximum absolute atomic E-state index is 13.1. The van der Waals surface area contributed by atoms with Gasteiger partial charge in [-0.05, 0) is 24.3 Å². The third-order valence-corrected chi connectivity index (χ3v) is 3.36. The zero-order valence-electron chi connectivity index (χ0n) is 9.38. The van der Waals surface area contributed by atoms with Gasteiger partial charge in [0.15, 0.2) is 5.84 Å². The first kappa shape index (κ1) is 12.4. The van der Waals surface area contributed by atoms with Gasteiger partial charge in [-0.2, -0.15) is 0 Å². The lowest BCUT2D eigenvalue weighted by Crippen LogP contribution is -2.13. The lowest BCUT2D eigenvalue weighted by molar-refractivity contribution is 0.318. The van der Waals surface area contributed by atoms with Gasteiger partial charge in [0.2, 0.25) is 0 Å². The fraction of sp³-hybridized carbons (Fsp3) is 0. The number of nitrogens with zero attached hydrogens (tertiary/aromatic N) is 1. The Morgan fingerprint density at radius 2 is 1.94 bits per heavy atom. The Kier molecular flexibility index (Phi) is 3.84. The molecule has 92 valence electrons. The molecule has 2 aromatic carbocycles. The Bertz CT molecular complexity index is 587. The Morgan fingerprint density at radius 1 is 1.17 bits per heavy atom. The fourth-order valence-electron chi connectivity index (χ4n) is 1.48. The van der Waals surface area contributed by atoms with Gasteiger partial charge in [0.25, 0.3) is 0 Å². The Balaban J connectivity index is 2.35. The summed E-state index contributed by atoms with van der Waals surface area (Å²) in [7, 11) is 0. The van der Waals surface area contributed by atoms with E-state index in [4.69, 9.17) is 10.9 Å². The van der Waals surface area contributed by atoms with Crippen molar-refractivity contribution in [3.05, 3.63) is 59.9 Å². The molecule has 0 saturated carbocycles. The molecule has 0 aromatic heterocycles. The maximum atomic E-state index is 13.1. The van der Waals surface area contributed by atoms with Crippen LogP contribution in [0.4, 0.5) is 4.39 Å². The van der Waals surface area contributed by atoms with Crippen LogP contribution < -0.4 is 5.73 Å². The second kappa shape index (κ2) is 5.55. The van der Waals surface area contributed by atoms with Crippen molar-refractivity contribution in [1.29, 1.82) is 0 Å². The van der Waals surface area contributed by atoms with Gasteiger partial charge in [0, 0.05) is 15.4 Å². The lowest BCUT2D eigenvalue weighted by atomic mass is 10.2. The van der Waals surface area contributed by atoms with E-state index in [1.165, 1.54) is 23.9 Å². The number of hydrogen-bond donors (Lipinski definition) is 2. The summed E-state index contributed by atoms with van der Waals surface area (Å²) in [5, 5.41) is 11.7. The first-order valence-electron chi connectivity index (χ1n) is 5.21. The van der Waals surface area contributed by atoms with Gasteiger partial charge in [-0.15, -0.1) is 0 Å². The van der Waals surface area contributed by atoms with Crippen LogP contribution in [-0.2, 0) is 0 Å². The van der Waals surface area contributed by atoms with E-state index < -0.39 is 0 Å². The van der Waals surface area contributed by atoms with Crippen LogP contribution in [0.1, 0.15) is 5.56 Å². The molecule has 18 heavy (non-hydrogen) atoms. The molecule has 0 aliphatic carbocycles. The number of benzene rings is 2. The fourth-order valence-corrected chi connectivity index (χ4v) is 2.48. The van der Waals surface area contributed by atoms with Gasteiger partial charge in [0.1, 0.15) is 5.82 Å². The number of oxime groups is 1. The lowest BCUT2D eigenvalue weighted by Gasteiger charge is -2.07. The van der Waals surface area contributed by atoms with E-state index in [1.54, 1.807) is 24.3 Å². The molecule has 0 amide bonds. The largest absolute Gasteiger partial charge is 0.409 e. The standard InChI is InChI=1S/C13H11FN2OS/c14-9-4-3-5-10(8-9)18-12-7-2-1-6-11(12)13(15)16-17/h1-8,17H,(H2,15,16). The van der Waals surface area contributed by atoms with E-state index in [1.807, 2.05) is 12.1 Å². The summed E-state index contributed by atoms with van der Waals surface area (Å²) in [5.41, 5.74) is 6.21. The average molecular weight is 262 g/mol. The molecule has 0 aliphatic rings. The molecule has 3 N–H and O–H groups in total. The van der Waals surface area contributed by atoms with Crippen molar-refractivity contribution in [2.75, 3.05) is 0 Å². The van der Waals surface area contributed by atoms with Crippen molar-refractivity contribution < 1.29 is 9.60 Å². The Hall–Kier alpha value is -2.01. The van der Waals surface area contributed by atoms with Crippen LogP contribution in [0.2, 0.25) is 0 Å². The van der Waals surface area contributed by atoms with Crippen LogP contribution in [-0.4, -0.2) is 11.0 Å². The van der Waals surface area contributed by atoms with E-state index in [0.717, 1.165) is 9.79 Å². The molecule has 0 bridgehead atoms. The topological polar surface area (TPSA) is 58.6 Å². The smallest absolute Gasteiger partial charge is 0.171 e. The van der Waals surface area contributed by atoms with Crippen LogP contribution in [0.5, 0.6) is 0 Å². The maximum Gasteiger partial charge on any atom is 0.171 e. The third kappa shape index (κ3) is 2.81. The number of amidine groups is 1. The summed E-state index contributed by atoms with van der Waals surface area (Å²) < 4.78 is 13.1. The molecule has 3 nitrogen and oxygen atoms in total. The van der Waals surface area contributed by atoms with Crippen LogP contribution in [0, 0.1) is 5.82 Å². The molecule has 0 saturated heterocycles. The summed E-state index contributed by atoms with van der Waals surface area (Å²) in [4.78, 5) is 1.56. The molecule has 2 rings (SSSR count). The quantitative estimate of drug-likeness (QED) is 0.387. The van der Waals surface area contributed by atoms with Gasteiger partial charge in [-0.1, -0.05) is 41.2 Å². The van der Waals surface area contributed by atoms with E-state index in [0.29, 0.717) is 5.56 Å². The normalized spacial score (nSPS) is 11.5. The minimum Gasteiger partial charge on any atom is -0.409 e. The second-order valence-electron chi connectivity index (χ2n) is 3.54. The first-order chi connectivity index (χ1) is 8.70. The predicted molar refractivity (Wildman–Crippen MR) is 69.5 cm³/mol. The van der Waals surface area contributed by atoms with Crippen molar-refractivity contribution in [2.45, 2.75) is 9.79 Å². The first-order valence-corrected chi connectivity index (χ1v) is 6.02. The van der Waals surface area contributed by atoms with Gasteiger partial charge >= 0.3 is 0 Å². The number of nitrogens with two attached hydrogens (primary N) is 1. The van der Waals surface area contributed by atoms with Gasteiger partial charge < -0.3 is 10.9 Å². The summed E-state index contributed by atoms with van der Waals surface area (Å²) in [6.45, 7) is 0. The minimum absolute atomic E-state index is 0.0366. The molecule has 0 heterocycles. The van der Waals surface area contributed by atoms with E-state index in [9.17, 15) is 4.39 Å². The van der Waals surface area contributed by atoms with Gasteiger partial charge in [-0.3, -0.25) is 0 Å². The summed E-state index contributed by atoms with van der Waals surface area (Å²) >= 11 is 1.36. The predicted octanol–water partition coefficient (Wildman–Crippen LogP) is 3.07. The van der Waals surface area contributed by atoms with Crippen molar-refractivity contribution in [3.63, 3.8) is 0 Å². The number of rotatable bonds is 3. The summed E-state index contributed by atoms with van der Waals surface area (Å²) in [6, 6.07) is 13.5. The molecule has 0 fully saturated rings. The van der Waals surface area contributed by atoms with E-state index in [2.05, 4.69) is 5.16 Å². The van der Waals surface area contributed by atoms with Crippen molar-refractivity contribution >= 4 is 17.6 Å². The minimum atomic E-state index is -0.290. The summed E-state index contributed by atoms with van der Waals surface area (Å²) in [5.74, 6) is -0.254. The summed E-state index contributed by atoms with van der Waals surface area (Å²) in [6.07, 6.45) is 0. The molecule has 0 unspecified atom stereocenters. The molecule has 0 aliphatic heterocycles. The molecule has 0 atom stereocenters. The zero-order chi connectivity index (χ0) is 13.0. The van der Waals surface area contributed by atoms with Crippen molar-refractivity contribution in [3.8, 4) is 0 Å². The van der Waals surface area contributed by atoms with Gasteiger partial charge in [0.05, 0.1) is 0 Å².